The Hall–Kier alpha value is -2.49. The number of benzene rings is 3. The van der Waals surface area contributed by atoms with Gasteiger partial charge in [-0.05, 0) is 73.2 Å². The van der Waals surface area contributed by atoms with Crippen molar-refractivity contribution in [1.82, 2.24) is 0 Å². The molecule has 1 fully saturated rings. The van der Waals surface area contributed by atoms with Gasteiger partial charge in [-0.1, -0.05) is 72.4 Å². The largest absolute Gasteiger partial charge is 0.488 e. The van der Waals surface area contributed by atoms with Crippen LogP contribution in [0, 0.1) is 13.8 Å². The van der Waals surface area contributed by atoms with Crippen molar-refractivity contribution in [3.05, 3.63) is 93.0 Å². The van der Waals surface area contributed by atoms with Crippen molar-refractivity contribution in [2.24, 2.45) is 0 Å². The summed E-state index contributed by atoms with van der Waals surface area (Å²) in [5, 5.41) is 4.28. The number of carbonyl (C=O) groups excluding carboxylic acids is 1. The highest BCUT2D eigenvalue weighted by Crippen LogP contribution is 2.45. The SMILES string of the molecule is Cc1cc(NC(=O)C2(c3ccc(Cl)cc3Cl)CCCC2)cc(C)c1OCc1ccccc1. The van der Waals surface area contributed by atoms with Gasteiger partial charge in [-0.15, -0.1) is 0 Å². The number of ether oxygens (including phenoxy) is 1. The molecule has 3 aromatic rings. The number of amides is 1. The lowest BCUT2D eigenvalue weighted by atomic mass is 9.78. The van der Waals surface area contributed by atoms with Crippen LogP contribution in [0.25, 0.3) is 0 Å². The van der Waals surface area contributed by atoms with Gasteiger partial charge in [-0.2, -0.15) is 0 Å². The molecule has 4 rings (SSSR count). The first-order valence-electron chi connectivity index (χ1n) is 10.9. The minimum Gasteiger partial charge on any atom is -0.488 e. The maximum Gasteiger partial charge on any atom is 0.235 e. The van der Waals surface area contributed by atoms with Gasteiger partial charge in [0.15, 0.2) is 0 Å². The number of nitrogens with one attached hydrogen (secondary N) is 1. The van der Waals surface area contributed by atoms with Crippen molar-refractivity contribution < 1.29 is 9.53 Å². The van der Waals surface area contributed by atoms with Crippen molar-refractivity contribution in [3.8, 4) is 5.75 Å². The minimum absolute atomic E-state index is 0.0176. The number of hydrogen-bond acceptors (Lipinski definition) is 2. The molecule has 32 heavy (non-hydrogen) atoms. The molecule has 0 radical (unpaired) electrons. The molecule has 1 N–H and O–H groups in total. The lowest BCUT2D eigenvalue weighted by molar-refractivity contribution is -0.121. The van der Waals surface area contributed by atoms with Gasteiger partial charge in [-0.25, -0.2) is 0 Å². The smallest absolute Gasteiger partial charge is 0.235 e. The predicted octanol–water partition coefficient (Wildman–Crippen LogP) is 7.64. The summed E-state index contributed by atoms with van der Waals surface area (Å²) in [6, 6.07) is 19.4. The van der Waals surface area contributed by atoms with E-state index in [9.17, 15) is 4.79 Å². The Morgan fingerprint density at radius 1 is 0.969 bits per heavy atom. The summed E-state index contributed by atoms with van der Waals surface area (Å²) < 4.78 is 6.09. The van der Waals surface area contributed by atoms with Gasteiger partial charge in [0.05, 0.1) is 5.41 Å². The van der Waals surface area contributed by atoms with E-state index in [0.717, 1.165) is 59.4 Å². The van der Waals surface area contributed by atoms with Crippen LogP contribution in [0.2, 0.25) is 10.0 Å². The van der Waals surface area contributed by atoms with E-state index in [0.29, 0.717) is 16.7 Å². The molecule has 3 nitrogen and oxygen atoms in total. The highest BCUT2D eigenvalue weighted by atomic mass is 35.5. The Morgan fingerprint density at radius 2 is 1.62 bits per heavy atom. The minimum atomic E-state index is -0.633. The van der Waals surface area contributed by atoms with E-state index in [2.05, 4.69) is 5.32 Å². The van der Waals surface area contributed by atoms with Gasteiger partial charge in [0.2, 0.25) is 5.91 Å². The molecule has 166 valence electrons. The van der Waals surface area contributed by atoms with E-state index in [4.69, 9.17) is 27.9 Å². The first-order chi connectivity index (χ1) is 15.4. The third-order valence-corrected chi connectivity index (χ3v) is 6.83. The van der Waals surface area contributed by atoms with E-state index in [1.54, 1.807) is 6.07 Å². The lowest BCUT2D eigenvalue weighted by Crippen LogP contribution is -2.38. The first kappa shape index (κ1) is 22.7. The molecule has 1 saturated carbocycles. The zero-order chi connectivity index (χ0) is 22.7. The average Bonchev–Trinajstić information content (AvgIpc) is 3.25. The fraction of sp³-hybridized carbons (Fsp3) is 0.296. The van der Waals surface area contributed by atoms with Crippen LogP contribution in [0.4, 0.5) is 5.69 Å². The molecule has 5 heteroatoms. The first-order valence-corrected chi connectivity index (χ1v) is 11.7. The van der Waals surface area contributed by atoms with Crippen molar-refractivity contribution in [1.29, 1.82) is 0 Å². The molecule has 1 aliphatic carbocycles. The lowest BCUT2D eigenvalue weighted by Gasteiger charge is -2.29. The Bertz CT molecular complexity index is 1100. The van der Waals surface area contributed by atoms with Gasteiger partial charge < -0.3 is 10.1 Å². The number of anilines is 1. The monoisotopic (exact) mass is 467 g/mol. The molecule has 0 aromatic heterocycles. The van der Waals surface area contributed by atoms with Crippen LogP contribution in [0.3, 0.4) is 0 Å². The second kappa shape index (κ2) is 9.56. The molecule has 0 aliphatic heterocycles. The number of aryl methyl sites for hydroxylation is 2. The maximum absolute atomic E-state index is 13.6. The molecule has 1 aliphatic rings. The quantitative estimate of drug-likeness (QED) is 0.404. The van der Waals surface area contributed by atoms with Crippen LogP contribution in [-0.4, -0.2) is 5.91 Å². The van der Waals surface area contributed by atoms with Crippen LogP contribution < -0.4 is 10.1 Å². The fourth-order valence-corrected chi connectivity index (χ4v) is 5.29. The third kappa shape index (κ3) is 4.65. The summed E-state index contributed by atoms with van der Waals surface area (Å²) in [4.78, 5) is 13.6. The highest BCUT2D eigenvalue weighted by Gasteiger charge is 2.44. The van der Waals surface area contributed by atoms with E-state index < -0.39 is 5.41 Å². The molecule has 0 spiro atoms. The molecule has 0 heterocycles. The Kier molecular flexibility index (Phi) is 6.78. The van der Waals surface area contributed by atoms with Crippen LogP contribution in [-0.2, 0) is 16.8 Å². The summed E-state index contributed by atoms with van der Waals surface area (Å²) in [6.45, 7) is 4.52. The van der Waals surface area contributed by atoms with Crippen LogP contribution in [0.5, 0.6) is 5.75 Å². The van der Waals surface area contributed by atoms with Crippen molar-refractivity contribution in [3.63, 3.8) is 0 Å². The predicted molar refractivity (Wildman–Crippen MR) is 132 cm³/mol. The summed E-state index contributed by atoms with van der Waals surface area (Å²) in [5.41, 5.74) is 4.09. The number of hydrogen-bond donors (Lipinski definition) is 1. The number of rotatable bonds is 6. The van der Waals surface area contributed by atoms with E-state index >= 15 is 0 Å². The molecule has 0 saturated heterocycles. The molecule has 0 unspecified atom stereocenters. The van der Waals surface area contributed by atoms with Gasteiger partial charge in [0, 0.05) is 15.7 Å². The molecule has 1 amide bonds. The van der Waals surface area contributed by atoms with Gasteiger partial charge in [-0.3, -0.25) is 4.79 Å². The van der Waals surface area contributed by atoms with Crippen LogP contribution >= 0.6 is 23.2 Å². The third-order valence-electron chi connectivity index (χ3n) is 6.28. The average molecular weight is 468 g/mol. The molecular weight excluding hydrogens is 441 g/mol. The van der Waals surface area contributed by atoms with Crippen molar-refractivity contribution in [2.75, 3.05) is 5.32 Å². The van der Waals surface area contributed by atoms with Gasteiger partial charge in [0.1, 0.15) is 12.4 Å². The Balaban J connectivity index is 1.55. The number of halogens is 2. The van der Waals surface area contributed by atoms with Crippen molar-refractivity contribution >= 4 is 34.8 Å². The van der Waals surface area contributed by atoms with Crippen molar-refractivity contribution in [2.45, 2.75) is 51.6 Å². The maximum atomic E-state index is 13.6. The zero-order valence-electron chi connectivity index (χ0n) is 18.4. The molecule has 0 bridgehead atoms. The highest BCUT2D eigenvalue weighted by molar-refractivity contribution is 6.35. The Labute approximate surface area is 199 Å². The van der Waals surface area contributed by atoms with E-state index in [1.807, 2.05) is 68.4 Å². The second-order valence-electron chi connectivity index (χ2n) is 8.58. The second-order valence-corrected chi connectivity index (χ2v) is 9.42. The normalized spacial score (nSPS) is 14.9. The zero-order valence-corrected chi connectivity index (χ0v) is 19.9. The number of carbonyl (C=O) groups is 1. The fourth-order valence-electron chi connectivity index (χ4n) is 4.71. The topological polar surface area (TPSA) is 38.3 Å². The molecule has 3 aromatic carbocycles. The summed E-state index contributed by atoms with van der Waals surface area (Å²) in [7, 11) is 0. The van der Waals surface area contributed by atoms with Gasteiger partial charge in [0.25, 0.3) is 0 Å². The standard InChI is InChI=1S/C27H27Cl2NO2/c1-18-14-22(15-19(2)25(18)32-17-20-8-4-3-5-9-20)30-26(31)27(12-6-7-13-27)23-11-10-21(28)16-24(23)29/h3-5,8-11,14-16H,6-7,12-13,17H2,1-2H3,(H,30,31). The molecule has 0 atom stereocenters. The summed E-state index contributed by atoms with van der Waals surface area (Å²) in [5.74, 6) is 0.833. The summed E-state index contributed by atoms with van der Waals surface area (Å²) in [6.07, 6.45) is 3.54. The molecular formula is C27H27Cl2NO2. The summed E-state index contributed by atoms with van der Waals surface area (Å²) >= 11 is 12.6. The van der Waals surface area contributed by atoms with E-state index in [-0.39, 0.29) is 5.91 Å². The van der Waals surface area contributed by atoms with Crippen LogP contribution in [0.15, 0.2) is 60.7 Å². The van der Waals surface area contributed by atoms with Gasteiger partial charge >= 0.3 is 0 Å². The van der Waals surface area contributed by atoms with E-state index in [1.165, 1.54) is 0 Å². The van der Waals surface area contributed by atoms with Crippen LogP contribution in [0.1, 0.15) is 47.9 Å². The Morgan fingerprint density at radius 3 is 2.25 bits per heavy atom.